The van der Waals surface area contributed by atoms with Crippen molar-refractivity contribution in [2.75, 3.05) is 21.3 Å². The van der Waals surface area contributed by atoms with Crippen LogP contribution in [0.4, 0.5) is 0 Å². The van der Waals surface area contributed by atoms with Crippen molar-refractivity contribution in [3.63, 3.8) is 0 Å². The number of hydrogen-bond donors (Lipinski definition) is 0. The Kier molecular flexibility index (Phi) is 8.41. The molecule has 0 saturated heterocycles. The fraction of sp³-hybridized carbons (Fsp3) is 0.909. The first-order chi connectivity index (χ1) is 8.06. The zero-order valence-electron chi connectivity index (χ0n) is 11.4. The van der Waals surface area contributed by atoms with E-state index in [1.54, 1.807) is 0 Å². The molecule has 0 radical (unpaired) electrons. The standard InChI is InChI=1S/C11H24O5Si/c1-6-7-8-9-11(16-10(2)12)17(13-3,14-4)15-5/h11H,6-9H2,1-5H3. The van der Waals surface area contributed by atoms with Crippen LogP contribution in [0.25, 0.3) is 0 Å². The molecule has 5 nitrogen and oxygen atoms in total. The van der Waals surface area contributed by atoms with Gasteiger partial charge in [-0.1, -0.05) is 19.8 Å². The maximum Gasteiger partial charge on any atom is 0.543 e. The van der Waals surface area contributed by atoms with Crippen LogP contribution < -0.4 is 0 Å². The lowest BCUT2D eigenvalue weighted by Crippen LogP contribution is -2.56. The minimum atomic E-state index is -2.90. The van der Waals surface area contributed by atoms with Crippen LogP contribution >= 0.6 is 0 Å². The SMILES string of the molecule is CCCCCC(OC(C)=O)[Si](OC)(OC)OC. The topological polar surface area (TPSA) is 54.0 Å². The van der Waals surface area contributed by atoms with Gasteiger partial charge in [0.05, 0.1) is 0 Å². The van der Waals surface area contributed by atoms with E-state index in [-0.39, 0.29) is 5.97 Å². The zero-order valence-corrected chi connectivity index (χ0v) is 12.4. The predicted octanol–water partition coefficient (Wildman–Crippen LogP) is 1.92. The second-order valence-corrected chi connectivity index (χ2v) is 6.89. The Labute approximate surface area is 105 Å². The summed E-state index contributed by atoms with van der Waals surface area (Å²) in [5, 5.41) is 0. The van der Waals surface area contributed by atoms with Gasteiger partial charge in [0.1, 0.15) is 0 Å². The van der Waals surface area contributed by atoms with Crippen molar-refractivity contribution in [1.82, 2.24) is 0 Å². The summed E-state index contributed by atoms with van der Waals surface area (Å²) in [5.74, 6) is -0.338. The molecule has 0 aliphatic heterocycles. The lowest BCUT2D eigenvalue weighted by molar-refractivity contribution is -0.146. The molecule has 0 saturated carbocycles. The summed E-state index contributed by atoms with van der Waals surface area (Å²) >= 11 is 0. The van der Waals surface area contributed by atoms with E-state index >= 15 is 0 Å². The van der Waals surface area contributed by atoms with Crippen LogP contribution in [0.2, 0.25) is 0 Å². The Morgan fingerprint density at radius 2 is 1.65 bits per heavy atom. The third-order valence-electron chi connectivity index (χ3n) is 2.63. The number of hydrogen-bond acceptors (Lipinski definition) is 5. The summed E-state index contributed by atoms with van der Waals surface area (Å²) in [6.45, 7) is 3.50. The molecule has 102 valence electrons. The molecular weight excluding hydrogens is 240 g/mol. The summed E-state index contributed by atoms with van der Waals surface area (Å²) in [7, 11) is 1.67. The normalized spacial score (nSPS) is 13.5. The van der Waals surface area contributed by atoms with Gasteiger partial charge in [-0.2, -0.15) is 0 Å². The Morgan fingerprint density at radius 1 is 1.12 bits per heavy atom. The smallest absolute Gasteiger partial charge is 0.458 e. The van der Waals surface area contributed by atoms with Crippen LogP contribution in [-0.2, 0) is 22.8 Å². The van der Waals surface area contributed by atoms with Crippen molar-refractivity contribution in [2.24, 2.45) is 0 Å². The van der Waals surface area contributed by atoms with Crippen LogP contribution in [-0.4, -0.2) is 41.8 Å². The van der Waals surface area contributed by atoms with E-state index < -0.39 is 14.5 Å². The molecule has 0 rings (SSSR count). The van der Waals surface area contributed by atoms with Gasteiger partial charge in [0.25, 0.3) is 0 Å². The molecule has 0 aromatic carbocycles. The van der Waals surface area contributed by atoms with Gasteiger partial charge < -0.3 is 18.0 Å². The van der Waals surface area contributed by atoms with E-state index in [2.05, 4.69) is 6.92 Å². The summed E-state index contributed by atoms with van der Waals surface area (Å²) in [5.41, 5.74) is -0.424. The molecule has 0 fully saturated rings. The lowest BCUT2D eigenvalue weighted by Gasteiger charge is -2.31. The highest BCUT2D eigenvalue weighted by molar-refractivity contribution is 6.62. The first-order valence-electron chi connectivity index (χ1n) is 5.89. The Bertz CT molecular complexity index is 210. The summed E-state index contributed by atoms with van der Waals surface area (Å²) in [4.78, 5) is 11.1. The van der Waals surface area contributed by atoms with Gasteiger partial charge in [0.15, 0.2) is 5.73 Å². The lowest BCUT2D eigenvalue weighted by atomic mass is 10.2. The Hall–Kier alpha value is -0.433. The van der Waals surface area contributed by atoms with Gasteiger partial charge in [-0.15, -0.1) is 0 Å². The zero-order chi connectivity index (χ0) is 13.3. The van der Waals surface area contributed by atoms with Gasteiger partial charge in [-0.05, 0) is 12.8 Å². The molecule has 0 aliphatic rings. The fourth-order valence-electron chi connectivity index (χ4n) is 1.73. The largest absolute Gasteiger partial charge is 0.543 e. The van der Waals surface area contributed by atoms with Gasteiger partial charge in [0.2, 0.25) is 0 Å². The average molecular weight is 264 g/mol. The van der Waals surface area contributed by atoms with Gasteiger partial charge in [-0.25, -0.2) is 0 Å². The highest BCUT2D eigenvalue weighted by Gasteiger charge is 2.49. The fourth-order valence-corrected chi connectivity index (χ4v) is 3.89. The molecule has 0 heterocycles. The van der Waals surface area contributed by atoms with E-state index in [1.165, 1.54) is 28.3 Å². The van der Waals surface area contributed by atoms with Crippen molar-refractivity contribution >= 4 is 14.8 Å². The van der Waals surface area contributed by atoms with E-state index in [9.17, 15) is 4.79 Å². The van der Waals surface area contributed by atoms with Crippen molar-refractivity contribution in [3.8, 4) is 0 Å². The summed E-state index contributed by atoms with van der Waals surface area (Å²) in [6.07, 6.45) is 3.85. The van der Waals surface area contributed by atoms with Crippen LogP contribution in [0.3, 0.4) is 0 Å². The second kappa shape index (κ2) is 8.63. The minimum absolute atomic E-state index is 0.338. The third-order valence-corrected chi connectivity index (χ3v) is 5.53. The third kappa shape index (κ3) is 5.16. The van der Waals surface area contributed by atoms with Crippen LogP contribution in [0.15, 0.2) is 0 Å². The van der Waals surface area contributed by atoms with Crippen LogP contribution in [0, 0.1) is 0 Å². The van der Waals surface area contributed by atoms with E-state index in [0.717, 1.165) is 19.3 Å². The monoisotopic (exact) mass is 264 g/mol. The maximum atomic E-state index is 11.1. The average Bonchev–Trinajstić information content (AvgIpc) is 2.31. The minimum Gasteiger partial charge on any atom is -0.458 e. The Balaban J connectivity index is 4.66. The van der Waals surface area contributed by atoms with Crippen LogP contribution in [0.5, 0.6) is 0 Å². The molecule has 0 aromatic heterocycles. The second-order valence-electron chi connectivity index (χ2n) is 3.81. The first kappa shape index (κ1) is 16.6. The Morgan fingerprint density at radius 3 is 2.00 bits per heavy atom. The molecule has 0 bridgehead atoms. The molecule has 0 amide bonds. The maximum absolute atomic E-state index is 11.1. The molecule has 0 aromatic rings. The molecular formula is C11H24O5Si. The highest BCUT2D eigenvalue weighted by Crippen LogP contribution is 2.21. The summed E-state index contributed by atoms with van der Waals surface area (Å²) < 4.78 is 21.3. The van der Waals surface area contributed by atoms with Crippen molar-refractivity contribution < 1.29 is 22.8 Å². The van der Waals surface area contributed by atoms with E-state index in [4.69, 9.17) is 18.0 Å². The molecule has 6 heteroatoms. The molecule has 1 unspecified atom stereocenters. The summed E-state index contributed by atoms with van der Waals surface area (Å²) in [6, 6.07) is 0. The van der Waals surface area contributed by atoms with Gasteiger partial charge >= 0.3 is 14.8 Å². The molecule has 1 atom stereocenters. The van der Waals surface area contributed by atoms with Crippen molar-refractivity contribution in [1.29, 1.82) is 0 Å². The van der Waals surface area contributed by atoms with Crippen molar-refractivity contribution in [3.05, 3.63) is 0 Å². The number of carbonyl (C=O) groups excluding carboxylic acids is 1. The highest BCUT2D eigenvalue weighted by atomic mass is 28.4. The van der Waals surface area contributed by atoms with Gasteiger partial charge in [-0.3, -0.25) is 4.79 Å². The number of ether oxygens (including phenoxy) is 1. The predicted molar refractivity (Wildman–Crippen MR) is 66.5 cm³/mol. The molecule has 0 aliphatic carbocycles. The quantitative estimate of drug-likeness (QED) is 0.362. The molecule has 0 spiro atoms. The number of unbranched alkanes of at least 4 members (excludes halogenated alkanes) is 2. The first-order valence-corrected chi connectivity index (χ1v) is 7.69. The molecule has 17 heavy (non-hydrogen) atoms. The van der Waals surface area contributed by atoms with Crippen molar-refractivity contribution in [2.45, 2.75) is 45.3 Å². The number of esters is 1. The van der Waals surface area contributed by atoms with Crippen LogP contribution in [0.1, 0.15) is 39.5 Å². The number of rotatable bonds is 9. The van der Waals surface area contributed by atoms with E-state index in [1.807, 2.05) is 0 Å². The van der Waals surface area contributed by atoms with E-state index in [0.29, 0.717) is 6.42 Å². The number of carbonyl (C=O) groups is 1. The molecule has 0 N–H and O–H groups in total. The van der Waals surface area contributed by atoms with Gasteiger partial charge in [0, 0.05) is 28.3 Å².